The van der Waals surface area contributed by atoms with Gasteiger partial charge in [-0.2, -0.15) is 0 Å². The molecule has 0 spiro atoms. The average molecular weight is 333 g/mol. The van der Waals surface area contributed by atoms with E-state index in [2.05, 4.69) is 20.6 Å². The van der Waals surface area contributed by atoms with Gasteiger partial charge < -0.3 is 16.4 Å². The summed E-state index contributed by atoms with van der Waals surface area (Å²) in [5.41, 5.74) is 10.9. The summed E-state index contributed by atoms with van der Waals surface area (Å²) in [6.07, 6.45) is 1.70. The lowest BCUT2D eigenvalue weighted by molar-refractivity contribution is 0.0963. The monoisotopic (exact) mass is 333 g/mol. The van der Waals surface area contributed by atoms with Gasteiger partial charge in [0.1, 0.15) is 0 Å². The first-order valence-corrected chi connectivity index (χ1v) is 7.86. The quantitative estimate of drug-likeness (QED) is 0.638. The number of aromatic nitrogens is 2. The Kier molecular flexibility index (Phi) is 4.61. The Morgan fingerprint density at radius 3 is 2.56 bits per heavy atom. The van der Waals surface area contributed by atoms with Crippen molar-refractivity contribution in [2.45, 2.75) is 6.92 Å². The number of hydrogen-bond acceptors (Lipinski definition) is 5. The van der Waals surface area contributed by atoms with Crippen molar-refractivity contribution < 1.29 is 4.79 Å². The van der Waals surface area contributed by atoms with Gasteiger partial charge in [0.15, 0.2) is 0 Å². The molecule has 25 heavy (non-hydrogen) atoms. The molecule has 6 heteroatoms. The predicted molar refractivity (Wildman–Crippen MR) is 99.7 cm³/mol. The zero-order valence-corrected chi connectivity index (χ0v) is 14.1. The summed E-state index contributed by atoms with van der Waals surface area (Å²) in [5, 5.41) is 5.74. The van der Waals surface area contributed by atoms with Gasteiger partial charge >= 0.3 is 0 Å². The summed E-state index contributed by atoms with van der Waals surface area (Å²) < 4.78 is 0. The van der Waals surface area contributed by atoms with Gasteiger partial charge in [0.25, 0.3) is 5.91 Å². The summed E-state index contributed by atoms with van der Waals surface area (Å²) in [4.78, 5) is 20.4. The summed E-state index contributed by atoms with van der Waals surface area (Å²) in [6, 6.07) is 14.7. The Balaban J connectivity index is 1.85. The second kappa shape index (κ2) is 7.00. The summed E-state index contributed by atoms with van der Waals surface area (Å²) >= 11 is 0. The molecule has 3 rings (SSSR count). The molecule has 3 aromatic rings. The van der Waals surface area contributed by atoms with Crippen LogP contribution in [0.25, 0.3) is 11.3 Å². The van der Waals surface area contributed by atoms with E-state index >= 15 is 0 Å². The van der Waals surface area contributed by atoms with Gasteiger partial charge in [0.05, 0.1) is 5.69 Å². The lowest BCUT2D eigenvalue weighted by Gasteiger charge is -2.10. The Morgan fingerprint density at radius 1 is 1.08 bits per heavy atom. The number of amides is 1. The third-order valence-corrected chi connectivity index (χ3v) is 3.94. The zero-order valence-electron chi connectivity index (χ0n) is 14.1. The number of rotatable bonds is 4. The summed E-state index contributed by atoms with van der Waals surface area (Å²) in [5.74, 6) is 0.356. The Hall–Kier alpha value is -3.41. The van der Waals surface area contributed by atoms with Gasteiger partial charge in [-0.15, -0.1) is 0 Å². The predicted octanol–water partition coefficient (Wildman–Crippen LogP) is 3.14. The van der Waals surface area contributed by atoms with Crippen LogP contribution in [0.15, 0.2) is 54.7 Å². The molecule has 0 fully saturated rings. The molecule has 1 amide bonds. The number of nitrogens with one attached hydrogen (secondary N) is 2. The second-order valence-electron chi connectivity index (χ2n) is 5.57. The second-order valence-corrected chi connectivity index (χ2v) is 5.57. The fourth-order valence-electron chi connectivity index (χ4n) is 2.48. The van der Waals surface area contributed by atoms with E-state index in [1.165, 1.54) is 0 Å². The Bertz CT molecular complexity index is 906. The lowest BCUT2D eigenvalue weighted by Crippen LogP contribution is -2.17. The molecule has 0 bridgehead atoms. The maximum atomic E-state index is 11.6. The molecule has 0 aliphatic heterocycles. The minimum atomic E-state index is -0.123. The van der Waals surface area contributed by atoms with Crippen molar-refractivity contribution in [3.8, 4) is 11.3 Å². The molecule has 1 aromatic heterocycles. The average Bonchev–Trinajstić information content (AvgIpc) is 2.64. The first-order chi connectivity index (χ1) is 12.1. The highest BCUT2D eigenvalue weighted by atomic mass is 16.1. The van der Waals surface area contributed by atoms with E-state index < -0.39 is 0 Å². The highest BCUT2D eigenvalue weighted by Crippen LogP contribution is 2.26. The van der Waals surface area contributed by atoms with Crippen LogP contribution in [-0.4, -0.2) is 22.9 Å². The molecule has 0 aliphatic rings. The Labute approximate surface area is 146 Å². The van der Waals surface area contributed by atoms with Crippen LogP contribution in [0.3, 0.4) is 0 Å². The van der Waals surface area contributed by atoms with Crippen molar-refractivity contribution in [3.05, 3.63) is 65.9 Å². The van der Waals surface area contributed by atoms with Gasteiger partial charge in [-0.05, 0) is 48.9 Å². The van der Waals surface area contributed by atoms with Crippen molar-refractivity contribution in [1.82, 2.24) is 15.3 Å². The fourth-order valence-corrected chi connectivity index (χ4v) is 2.48. The highest BCUT2D eigenvalue weighted by molar-refractivity contribution is 5.94. The Morgan fingerprint density at radius 2 is 1.84 bits per heavy atom. The number of nitrogens with two attached hydrogens (primary N) is 1. The van der Waals surface area contributed by atoms with Gasteiger partial charge in [-0.1, -0.05) is 12.1 Å². The molecule has 6 nitrogen and oxygen atoms in total. The number of nitrogens with zero attached hydrogens (tertiary/aromatic N) is 2. The van der Waals surface area contributed by atoms with Crippen molar-refractivity contribution >= 4 is 23.2 Å². The normalized spacial score (nSPS) is 10.3. The number of carbonyl (C=O) groups excluding carboxylic acids is 1. The van der Waals surface area contributed by atoms with Crippen LogP contribution in [0.1, 0.15) is 15.9 Å². The number of benzene rings is 2. The number of anilines is 3. The van der Waals surface area contributed by atoms with E-state index in [1.807, 2.05) is 43.3 Å². The van der Waals surface area contributed by atoms with Crippen LogP contribution in [0.4, 0.5) is 17.3 Å². The maximum Gasteiger partial charge on any atom is 0.251 e. The molecule has 0 saturated heterocycles. The van der Waals surface area contributed by atoms with Gasteiger partial charge in [0.2, 0.25) is 5.95 Å². The molecule has 0 saturated carbocycles. The van der Waals surface area contributed by atoms with Crippen molar-refractivity contribution in [2.24, 2.45) is 0 Å². The SMILES string of the molecule is CNC(=O)c1ccc(Nc2nccc(-c3cccc(N)c3C)n2)cc1. The largest absolute Gasteiger partial charge is 0.398 e. The maximum absolute atomic E-state index is 11.6. The minimum Gasteiger partial charge on any atom is -0.398 e. The molecule has 0 atom stereocenters. The van der Waals surface area contributed by atoms with Gasteiger partial charge in [0, 0.05) is 35.7 Å². The van der Waals surface area contributed by atoms with Gasteiger partial charge in [-0.25, -0.2) is 9.97 Å². The van der Waals surface area contributed by atoms with Crippen LogP contribution >= 0.6 is 0 Å². The van der Waals surface area contributed by atoms with E-state index in [9.17, 15) is 4.79 Å². The molecule has 2 aromatic carbocycles. The summed E-state index contributed by atoms with van der Waals surface area (Å²) in [6.45, 7) is 1.97. The van der Waals surface area contributed by atoms with Crippen LogP contribution in [0.2, 0.25) is 0 Å². The molecule has 0 aliphatic carbocycles. The standard InChI is InChI=1S/C19H19N5O/c1-12-15(4-3-5-16(12)20)17-10-11-22-19(24-17)23-14-8-6-13(7-9-14)18(25)21-2/h3-11H,20H2,1-2H3,(H,21,25)(H,22,23,24). The third-order valence-electron chi connectivity index (χ3n) is 3.94. The molecule has 4 N–H and O–H groups in total. The highest BCUT2D eigenvalue weighted by Gasteiger charge is 2.08. The van der Waals surface area contributed by atoms with Crippen molar-refractivity contribution in [1.29, 1.82) is 0 Å². The van der Waals surface area contributed by atoms with Crippen LogP contribution < -0.4 is 16.4 Å². The summed E-state index contributed by atoms with van der Waals surface area (Å²) in [7, 11) is 1.60. The van der Waals surface area contributed by atoms with E-state index in [0.29, 0.717) is 11.5 Å². The first-order valence-electron chi connectivity index (χ1n) is 7.86. The lowest BCUT2D eigenvalue weighted by atomic mass is 10.0. The minimum absolute atomic E-state index is 0.123. The van der Waals surface area contributed by atoms with Crippen molar-refractivity contribution in [3.63, 3.8) is 0 Å². The number of hydrogen-bond donors (Lipinski definition) is 3. The molecule has 1 heterocycles. The smallest absolute Gasteiger partial charge is 0.251 e. The van der Waals surface area contributed by atoms with E-state index in [0.717, 1.165) is 28.2 Å². The molecule has 0 radical (unpaired) electrons. The third kappa shape index (κ3) is 3.58. The number of carbonyl (C=O) groups is 1. The fraction of sp³-hybridized carbons (Fsp3) is 0.105. The van der Waals surface area contributed by atoms with Crippen LogP contribution in [-0.2, 0) is 0 Å². The zero-order chi connectivity index (χ0) is 17.8. The molecular weight excluding hydrogens is 314 g/mol. The molecular formula is C19H19N5O. The topological polar surface area (TPSA) is 92.9 Å². The van der Waals surface area contributed by atoms with E-state index in [-0.39, 0.29) is 5.91 Å². The molecule has 0 unspecified atom stereocenters. The van der Waals surface area contributed by atoms with Crippen LogP contribution in [0.5, 0.6) is 0 Å². The number of nitrogen functional groups attached to an aromatic ring is 1. The molecule has 126 valence electrons. The van der Waals surface area contributed by atoms with Crippen LogP contribution in [0, 0.1) is 6.92 Å². The van der Waals surface area contributed by atoms with Gasteiger partial charge in [-0.3, -0.25) is 4.79 Å². The van der Waals surface area contributed by atoms with E-state index in [1.54, 1.807) is 25.4 Å². The van der Waals surface area contributed by atoms with Crippen molar-refractivity contribution in [2.75, 3.05) is 18.1 Å². The van der Waals surface area contributed by atoms with E-state index in [4.69, 9.17) is 5.73 Å². The first kappa shape index (κ1) is 16.4.